The second kappa shape index (κ2) is 7.40. The molecule has 0 atom stereocenters. The number of hydrogen-bond donors (Lipinski definition) is 2. The zero-order valence-electron chi connectivity index (χ0n) is 14.5. The lowest BCUT2D eigenvalue weighted by Gasteiger charge is -2.15. The maximum absolute atomic E-state index is 12.3. The summed E-state index contributed by atoms with van der Waals surface area (Å²) in [5, 5.41) is 1.57. The Kier molecular flexibility index (Phi) is 5.48. The van der Waals surface area contributed by atoms with Gasteiger partial charge in [-0.05, 0) is 36.6 Å². The summed E-state index contributed by atoms with van der Waals surface area (Å²) in [4.78, 5) is 22.2. The summed E-state index contributed by atoms with van der Waals surface area (Å²) in [6, 6.07) is 5.09. The monoisotopic (exact) mass is 361 g/mol. The largest absolute Gasteiger partial charge is 0.496 e. The number of allylic oxidation sites excluding steroid dienone is 1. The van der Waals surface area contributed by atoms with Gasteiger partial charge in [-0.3, -0.25) is 4.79 Å². The zero-order valence-corrected chi connectivity index (χ0v) is 15.3. The number of nitrogens with zero attached hydrogens (tertiary/aromatic N) is 3. The van der Waals surface area contributed by atoms with Crippen LogP contribution in [0.25, 0.3) is 10.8 Å². The first-order valence-electron chi connectivity index (χ1n) is 7.40. The van der Waals surface area contributed by atoms with Gasteiger partial charge in [0.25, 0.3) is 5.91 Å². The summed E-state index contributed by atoms with van der Waals surface area (Å²) in [6.07, 6.45) is 1.53. The maximum atomic E-state index is 12.3. The maximum Gasteiger partial charge on any atom is 0.257 e. The van der Waals surface area contributed by atoms with E-state index in [1.807, 2.05) is 0 Å². The number of aromatic nitrogens is 1. The predicted octanol–water partition coefficient (Wildman–Crippen LogP) is 2.45. The number of nitrogens with two attached hydrogens (primary N) is 2. The van der Waals surface area contributed by atoms with Crippen LogP contribution in [-0.2, 0) is 0 Å². The molecule has 1 aromatic carbocycles. The summed E-state index contributed by atoms with van der Waals surface area (Å²) in [7, 11) is 4.83. The molecular weight excluding hydrogens is 342 g/mol. The first-order valence-corrected chi connectivity index (χ1v) is 7.78. The molecule has 1 aromatic heterocycles. The molecule has 0 fully saturated rings. The first kappa shape index (κ1) is 18.5. The molecule has 1 heterocycles. The summed E-state index contributed by atoms with van der Waals surface area (Å²) < 4.78 is 5.34. The van der Waals surface area contributed by atoms with E-state index in [-0.39, 0.29) is 16.9 Å². The number of halogens is 1. The lowest BCUT2D eigenvalue weighted by atomic mass is 10.1. The molecule has 2 aromatic rings. The Hall–Kier alpha value is -2.80. The molecule has 132 valence electrons. The average molecular weight is 362 g/mol. The Balaban J connectivity index is 2.64. The Morgan fingerprint density at radius 3 is 2.56 bits per heavy atom. The summed E-state index contributed by atoms with van der Waals surface area (Å²) >= 11 is 6.28. The van der Waals surface area contributed by atoms with Crippen LogP contribution >= 0.6 is 11.6 Å². The van der Waals surface area contributed by atoms with Crippen molar-refractivity contribution in [3.8, 4) is 5.75 Å². The van der Waals surface area contributed by atoms with E-state index in [0.717, 1.165) is 5.39 Å². The van der Waals surface area contributed by atoms with E-state index in [1.165, 1.54) is 18.1 Å². The van der Waals surface area contributed by atoms with Crippen molar-refractivity contribution in [2.24, 2.45) is 16.5 Å². The molecule has 2 rings (SSSR count). The number of methoxy groups -OCH3 is 1. The van der Waals surface area contributed by atoms with E-state index >= 15 is 0 Å². The predicted molar refractivity (Wildman–Crippen MR) is 101 cm³/mol. The van der Waals surface area contributed by atoms with Crippen molar-refractivity contribution in [2.75, 3.05) is 21.2 Å². The minimum Gasteiger partial charge on any atom is -0.496 e. The van der Waals surface area contributed by atoms with Crippen molar-refractivity contribution in [1.29, 1.82) is 0 Å². The normalized spacial score (nSPS) is 12.4. The van der Waals surface area contributed by atoms with Gasteiger partial charge in [0.15, 0.2) is 5.82 Å². The minimum atomic E-state index is -0.190. The summed E-state index contributed by atoms with van der Waals surface area (Å²) in [5.74, 6) is 0.800. The van der Waals surface area contributed by atoms with Crippen molar-refractivity contribution >= 4 is 39.9 Å². The number of rotatable bonds is 4. The van der Waals surface area contributed by atoms with E-state index in [4.69, 9.17) is 27.8 Å². The van der Waals surface area contributed by atoms with Crippen molar-refractivity contribution in [3.05, 3.63) is 40.7 Å². The Bertz CT molecular complexity index is 886. The molecule has 25 heavy (non-hydrogen) atoms. The molecule has 0 saturated carbocycles. The first-order chi connectivity index (χ1) is 11.7. The van der Waals surface area contributed by atoms with E-state index in [1.54, 1.807) is 39.2 Å². The van der Waals surface area contributed by atoms with Crippen LogP contribution in [-0.4, -0.2) is 42.8 Å². The number of hydrogen-bond acceptors (Lipinski definition) is 5. The topological polar surface area (TPSA) is 107 Å². The fraction of sp³-hybridized carbons (Fsp3) is 0.235. The van der Waals surface area contributed by atoms with Gasteiger partial charge >= 0.3 is 0 Å². The second-order valence-electron chi connectivity index (χ2n) is 5.67. The van der Waals surface area contributed by atoms with E-state index in [2.05, 4.69) is 9.98 Å². The van der Waals surface area contributed by atoms with Gasteiger partial charge < -0.3 is 21.1 Å². The number of ether oxygens (including phenoxy) is 1. The minimum absolute atomic E-state index is 0.190. The van der Waals surface area contributed by atoms with Gasteiger partial charge in [0, 0.05) is 25.2 Å². The van der Waals surface area contributed by atoms with Crippen LogP contribution in [0.4, 0.5) is 5.82 Å². The number of amides is 1. The highest BCUT2D eigenvalue weighted by molar-refractivity contribution is 6.34. The smallest absolute Gasteiger partial charge is 0.257 e. The quantitative estimate of drug-likeness (QED) is 0.494. The number of aliphatic imine (C=N–C) groups is 1. The molecule has 0 unspecified atom stereocenters. The molecule has 0 bridgehead atoms. The van der Waals surface area contributed by atoms with Gasteiger partial charge in [-0.2, -0.15) is 0 Å². The fourth-order valence-corrected chi connectivity index (χ4v) is 2.51. The number of carbonyl (C=O) groups is 1. The van der Waals surface area contributed by atoms with Gasteiger partial charge in [-0.15, -0.1) is 0 Å². The number of fused-ring (bicyclic) bond motifs is 1. The van der Waals surface area contributed by atoms with Crippen molar-refractivity contribution in [3.63, 3.8) is 0 Å². The second-order valence-corrected chi connectivity index (χ2v) is 6.03. The molecular formula is C17H20ClN5O2. The van der Waals surface area contributed by atoms with Crippen LogP contribution < -0.4 is 16.2 Å². The van der Waals surface area contributed by atoms with Crippen LogP contribution in [0.15, 0.2) is 35.0 Å². The van der Waals surface area contributed by atoms with Crippen LogP contribution in [0.1, 0.15) is 17.3 Å². The van der Waals surface area contributed by atoms with E-state index < -0.39 is 0 Å². The van der Waals surface area contributed by atoms with Gasteiger partial charge in [-0.25, -0.2) is 9.98 Å². The van der Waals surface area contributed by atoms with E-state index in [0.29, 0.717) is 28.2 Å². The standard InChI is InChI=1S/C17H20ClN5O2/c1-9(19)5-14(20)21-15-7-10-6-13(25-4)12(17(24)23(2)3)8-11(10)16(18)22-15/h5-8H,19H2,1-4H3,(H2,20,21,22)/b9-5-. The summed E-state index contributed by atoms with van der Waals surface area (Å²) in [6.45, 7) is 1.71. The molecule has 0 aliphatic heterocycles. The van der Waals surface area contributed by atoms with Crippen LogP contribution in [0, 0.1) is 0 Å². The van der Waals surface area contributed by atoms with Crippen molar-refractivity contribution in [1.82, 2.24) is 9.88 Å². The lowest BCUT2D eigenvalue weighted by Crippen LogP contribution is -2.22. The molecule has 0 saturated heterocycles. The van der Waals surface area contributed by atoms with Gasteiger partial charge in [-0.1, -0.05) is 11.6 Å². The average Bonchev–Trinajstić information content (AvgIpc) is 2.52. The van der Waals surface area contributed by atoms with Crippen molar-refractivity contribution < 1.29 is 9.53 Å². The molecule has 8 heteroatoms. The van der Waals surface area contributed by atoms with Gasteiger partial charge in [0.2, 0.25) is 0 Å². The van der Waals surface area contributed by atoms with E-state index in [9.17, 15) is 4.79 Å². The molecule has 4 N–H and O–H groups in total. The zero-order chi connectivity index (χ0) is 18.7. The van der Waals surface area contributed by atoms with Gasteiger partial charge in [0.1, 0.15) is 16.7 Å². The van der Waals surface area contributed by atoms with Gasteiger partial charge in [0.05, 0.1) is 12.7 Å². The molecule has 7 nitrogen and oxygen atoms in total. The highest BCUT2D eigenvalue weighted by Gasteiger charge is 2.17. The Morgan fingerprint density at radius 2 is 2.00 bits per heavy atom. The third-order valence-corrected chi connectivity index (χ3v) is 3.64. The Morgan fingerprint density at radius 1 is 1.32 bits per heavy atom. The molecule has 0 aliphatic carbocycles. The highest BCUT2D eigenvalue weighted by atomic mass is 35.5. The summed E-state index contributed by atoms with van der Waals surface area (Å²) in [5.41, 5.74) is 12.3. The van der Waals surface area contributed by atoms with Crippen LogP contribution in [0.2, 0.25) is 5.15 Å². The highest BCUT2D eigenvalue weighted by Crippen LogP contribution is 2.32. The van der Waals surface area contributed by atoms with Crippen molar-refractivity contribution in [2.45, 2.75) is 6.92 Å². The third kappa shape index (κ3) is 4.19. The fourth-order valence-electron chi connectivity index (χ4n) is 2.26. The molecule has 1 amide bonds. The Labute approximate surface area is 150 Å². The number of pyridine rings is 1. The SMILES string of the molecule is COc1cc2cc(/N=C(N)\C=C(\C)N)nc(Cl)c2cc1C(=O)N(C)C. The lowest BCUT2D eigenvalue weighted by molar-refractivity contribution is 0.0824. The number of amidine groups is 1. The number of benzene rings is 1. The van der Waals surface area contributed by atoms with Crippen LogP contribution in [0.3, 0.4) is 0 Å². The third-order valence-electron chi connectivity index (χ3n) is 3.35. The molecule has 0 spiro atoms. The number of carbonyl (C=O) groups excluding carboxylic acids is 1. The van der Waals surface area contributed by atoms with Crippen LogP contribution in [0.5, 0.6) is 5.75 Å². The molecule has 0 aliphatic rings. The molecule has 0 radical (unpaired) electrons.